The molecule has 0 amide bonds. The number of pyridine rings is 1. The van der Waals surface area contributed by atoms with Crippen LogP contribution in [0.2, 0.25) is 0 Å². The Morgan fingerprint density at radius 2 is 2.11 bits per heavy atom. The van der Waals surface area contributed by atoms with Gasteiger partial charge in [-0.05, 0) is 55.8 Å². The summed E-state index contributed by atoms with van der Waals surface area (Å²) in [5, 5.41) is 3.37. The average molecular weight is 305 g/mol. The monoisotopic (exact) mass is 304 g/mol. The van der Waals surface area contributed by atoms with Crippen LogP contribution >= 0.6 is 15.9 Å². The van der Waals surface area contributed by atoms with Crippen molar-refractivity contribution in [3.8, 4) is 0 Å². The molecule has 1 aromatic heterocycles. The van der Waals surface area contributed by atoms with Gasteiger partial charge in [0.25, 0.3) is 0 Å². The van der Waals surface area contributed by atoms with Gasteiger partial charge in [0.15, 0.2) is 0 Å². The highest BCUT2D eigenvalue weighted by atomic mass is 79.9. The summed E-state index contributed by atoms with van der Waals surface area (Å²) < 4.78 is 1.13. The Morgan fingerprint density at radius 3 is 2.78 bits per heavy atom. The number of benzene rings is 1. The molecule has 0 aliphatic rings. The summed E-state index contributed by atoms with van der Waals surface area (Å²) in [6, 6.07) is 13.0. The van der Waals surface area contributed by atoms with Gasteiger partial charge in [0.1, 0.15) is 0 Å². The fourth-order valence-electron chi connectivity index (χ4n) is 2.07. The maximum absolute atomic E-state index is 4.24. The van der Waals surface area contributed by atoms with Crippen molar-refractivity contribution in [1.82, 2.24) is 10.3 Å². The first-order valence-corrected chi connectivity index (χ1v) is 6.82. The molecule has 1 N–H and O–H groups in total. The second-order valence-electron chi connectivity index (χ2n) is 4.41. The Kier molecular flexibility index (Phi) is 4.50. The second-order valence-corrected chi connectivity index (χ2v) is 5.32. The quantitative estimate of drug-likeness (QED) is 0.932. The Morgan fingerprint density at radius 1 is 1.28 bits per heavy atom. The third-order valence-electron chi connectivity index (χ3n) is 3.00. The highest BCUT2D eigenvalue weighted by molar-refractivity contribution is 9.10. The van der Waals surface area contributed by atoms with Crippen LogP contribution in [0.25, 0.3) is 0 Å². The standard InChI is InChI=1S/C15H17BrN2/c1-11-8-13(6-7-18-11)15(17-2)10-12-4-3-5-14(16)9-12/h3-9,15,17H,10H2,1-2H3. The molecule has 2 aromatic rings. The summed E-state index contributed by atoms with van der Waals surface area (Å²) in [5.74, 6) is 0. The first-order chi connectivity index (χ1) is 8.69. The maximum Gasteiger partial charge on any atom is 0.0375 e. The van der Waals surface area contributed by atoms with Crippen LogP contribution in [0.15, 0.2) is 47.1 Å². The Bertz CT molecular complexity index is 525. The molecule has 0 radical (unpaired) electrons. The third-order valence-corrected chi connectivity index (χ3v) is 3.49. The molecule has 1 unspecified atom stereocenters. The number of rotatable bonds is 4. The van der Waals surface area contributed by atoms with Crippen molar-refractivity contribution in [1.29, 1.82) is 0 Å². The van der Waals surface area contributed by atoms with Crippen LogP contribution in [0, 0.1) is 6.92 Å². The Labute approximate surface area is 117 Å². The number of aryl methyl sites for hydroxylation is 1. The van der Waals surface area contributed by atoms with E-state index in [4.69, 9.17) is 0 Å². The van der Waals surface area contributed by atoms with Crippen LogP contribution < -0.4 is 5.32 Å². The van der Waals surface area contributed by atoms with Crippen molar-refractivity contribution in [2.24, 2.45) is 0 Å². The van der Waals surface area contributed by atoms with Gasteiger partial charge in [-0.15, -0.1) is 0 Å². The molecule has 18 heavy (non-hydrogen) atoms. The molecule has 1 heterocycles. The SMILES string of the molecule is CNC(Cc1cccc(Br)c1)c1ccnc(C)c1. The number of likely N-dealkylation sites (N-methyl/N-ethyl adjacent to an activating group) is 1. The fraction of sp³-hybridized carbons (Fsp3) is 0.267. The summed E-state index contributed by atoms with van der Waals surface area (Å²) in [6.45, 7) is 2.02. The van der Waals surface area contributed by atoms with Crippen LogP contribution in [0.1, 0.15) is 22.9 Å². The van der Waals surface area contributed by atoms with E-state index in [2.05, 4.69) is 62.6 Å². The normalized spacial score (nSPS) is 12.4. The first kappa shape index (κ1) is 13.2. The van der Waals surface area contributed by atoms with Crippen molar-refractivity contribution < 1.29 is 0 Å². The van der Waals surface area contributed by atoms with Gasteiger partial charge in [-0.2, -0.15) is 0 Å². The number of nitrogens with one attached hydrogen (secondary N) is 1. The second kappa shape index (κ2) is 6.12. The van der Waals surface area contributed by atoms with Gasteiger partial charge >= 0.3 is 0 Å². The average Bonchev–Trinajstić information content (AvgIpc) is 2.36. The molecular formula is C15H17BrN2. The van der Waals surface area contributed by atoms with Crippen LogP contribution in [0.3, 0.4) is 0 Å². The minimum Gasteiger partial charge on any atom is -0.313 e. The Balaban J connectivity index is 2.19. The zero-order chi connectivity index (χ0) is 13.0. The molecule has 0 bridgehead atoms. The number of halogens is 1. The van der Waals surface area contributed by atoms with Crippen molar-refractivity contribution in [2.75, 3.05) is 7.05 Å². The number of hydrogen-bond donors (Lipinski definition) is 1. The largest absolute Gasteiger partial charge is 0.313 e. The predicted molar refractivity (Wildman–Crippen MR) is 78.6 cm³/mol. The van der Waals surface area contributed by atoms with Crippen molar-refractivity contribution in [2.45, 2.75) is 19.4 Å². The molecule has 2 nitrogen and oxygen atoms in total. The lowest BCUT2D eigenvalue weighted by Gasteiger charge is -2.17. The molecule has 1 aromatic carbocycles. The molecule has 1 atom stereocenters. The van der Waals surface area contributed by atoms with Crippen LogP contribution in [0.4, 0.5) is 0 Å². The Hall–Kier alpha value is -1.19. The predicted octanol–water partition coefficient (Wildman–Crippen LogP) is 3.66. The van der Waals surface area contributed by atoms with Gasteiger partial charge in [0, 0.05) is 22.4 Å². The first-order valence-electron chi connectivity index (χ1n) is 6.03. The molecule has 0 saturated heterocycles. The lowest BCUT2D eigenvalue weighted by Crippen LogP contribution is -2.19. The lowest BCUT2D eigenvalue weighted by atomic mass is 9.99. The van der Waals surface area contributed by atoms with E-state index in [0.29, 0.717) is 6.04 Å². The number of aromatic nitrogens is 1. The van der Waals surface area contributed by atoms with Gasteiger partial charge in [-0.3, -0.25) is 4.98 Å². The van der Waals surface area contributed by atoms with Crippen molar-refractivity contribution in [3.63, 3.8) is 0 Å². The van der Waals surface area contributed by atoms with Crippen molar-refractivity contribution >= 4 is 15.9 Å². The van der Waals surface area contributed by atoms with Gasteiger partial charge in [0.2, 0.25) is 0 Å². The van der Waals surface area contributed by atoms with E-state index in [-0.39, 0.29) is 0 Å². The number of nitrogens with zero attached hydrogens (tertiary/aromatic N) is 1. The minimum absolute atomic E-state index is 0.320. The highest BCUT2D eigenvalue weighted by Gasteiger charge is 2.10. The summed E-state index contributed by atoms with van der Waals surface area (Å²) in [4.78, 5) is 4.24. The minimum atomic E-state index is 0.320. The lowest BCUT2D eigenvalue weighted by molar-refractivity contribution is 0.590. The van der Waals surface area contributed by atoms with Gasteiger partial charge in [-0.1, -0.05) is 28.1 Å². The van der Waals surface area contributed by atoms with Gasteiger partial charge < -0.3 is 5.32 Å². The molecule has 3 heteroatoms. The van der Waals surface area contributed by atoms with Crippen LogP contribution in [0.5, 0.6) is 0 Å². The topological polar surface area (TPSA) is 24.9 Å². The van der Waals surface area contributed by atoms with E-state index in [0.717, 1.165) is 16.6 Å². The van der Waals surface area contributed by atoms with Crippen LogP contribution in [-0.4, -0.2) is 12.0 Å². The van der Waals surface area contributed by atoms with E-state index in [1.807, 2.05) is 20.2 Å². The summed E-state index contributed by atoms with van der Waals surface area (Å²) in [6.07, 6.45) is 2.84. The van der Waals surface area contributed by atoms with E-state index in [1.165, 1.54) is 11.1 Å². The molecular weight excluding hydrogens is 288 g/mol. The van der Waals surface area contributed by atoms with E-state index in [1.54, 1.807) is 0 Å². The molecule has 0 aliphatic heterocycles. The fourth-order valence-corrected chi connectivity index (χ4v) is 2.52. The molecule has 2 rings (SSSR count). The molecule has 0 fully saturated rings. The third kappa shape index (κ3) is 3.40. The summed E-state index contributed by atoms with van der Waals surface area (Å²) in [5.41, 5.74) is 3.66. The molecule has 94 valence electrons. The molecule has 0 spiro atoms. The number of hydrogen-bond acceptors (Lipinski definition) is 2. The zero-order valence-corrected chi connectivity index (χ0v) is 12.2. The highest BCUT2D eigenvalue weighted by Crippen LogP contribution is 2.20. The van der Waals surface area contributed by atoms with Crippen molar-refractivity contribution in [3.05, 3.63) is 63.9 Å². The van der Waals surface area contributed by atoms with E-state index in [9.17, 15) is 0 Å². The zero-order valence-electron chi connectivity index (χ0n) is 10.7. The van der Waals surface area contributed by atoms with Gasteiger partial charge in [0.05, 0.1) is 0 Å². The maximum atomic E-state index is 4.24. The van der Waals surface area contributed by atoms with E-state index >= 15 is 0 Å². The van der Waals surface area contributed by atoms with E-state index < -0.39 is 0 Å². The molecule has 0 aliphatic carbocycles. The summed E-state index contributed by atoms with van der Waals surface area (Å²) in [7, 11) is 2.00. The molecule has 0 saturated carbocycles. The smallest absolute Gasteiger partial charge is 0.0375 e. The van der Waals surface area contributed by atoms with Gasteiger partial charge in [-0.25, -0.2) is 0 Å². The summed E-state index contributed by atoms with van der Waals surface area (Å²) >= 11 is 3.51. The van der Waals surface area contributed by atoms with Crippen LogP contribution in [-0.2, 0) is 6.42 Å².